The topological polar surface area (TPSA) is 122 Å². The van der Waals surface area contributed by atoms with Crippen LogP contribution in [0.4, 0.5) is 31.1 Å². The van der Waals surface area contributed by atoms with E-state index in [1.165, 1.54) is 17.0 Å². The van der Waals surface area contributed by atoms with Crippen LogP contribution in [0.2, 0.25) is 0 Å². The zero-order valence-corrected chi connectivity index (χ0v) is 21.2. The molecule has 0 bridgehead atoms. The molecule has 1 aromatic heterocycles. The van der Waals surface area contributed by atoms with Gasteiger partial charge in [-0.1, -0.05) is 0 Å². The highest BCUT2D eigenvalue weighted by Crippen LogP contribution is 2.31. The van der Waals surface area contributed by atoms with Crippen molar-refractivity contribution < 1.29 is 46.5 Å². The quantitative estimate of drug-likeness (QED) is 0.353. The third-order valence-electron chi connectivity index (χ3n) is 6.97. The number of hydrogen-bond acceptors (Lipinski definition) is 7. The highest BCUT2D eigenvalue weighted by atomic mass is 19.4. The Labute approximate surface area is 225 Å². The van der Waals surface area contributed by atoms with Crippen molar-refractivity contribution in [2.45, 2.75) is 69.2 Å². The maximum Gasteiger partial charge on any atom is 0.404 e. The summed E-state index contributed by atoms with van der Waals surface area (Å²) >= 11 is 0. The summed E-state index contributed by atoms with van der Waals surface area (Å²) in [6, 6.07) is 3.89. The molecule has 2 aliphatic heterocycles. The van der Waals surface area contributed by atoms with Crippen LogP contribution in [0.5, 0.6) is 0 Å². The molecule has 3 heterocycles. The van der Waals surface area contributed by atoms with E-state index < -0.39 is 61.9 Å². The maximum atomic E-state index is 13.9. The van der Waals surface area contributed by atoms with Crippen molar-refractivity contribution in [1.29, 1.82) is 0 Å². The summed E-state index contributed by atoms with van der Waals surface area (Å²) in [5, 5.41) is 32.5. The highest BCUT2D eigenvalue weighted by Gasteiger charge is 2.41. The van der Waals surface area contributed by atoms with E-state index in [-0.39, 0.29) is 61.7 Å². The second-order valence-corrected chi connectivity index (χ2v) is 10.1. The molecule has 4 rings (SSSR count). The summed E-state index contributed by atoms with van der Waals surface area (Å²) in [6.07, 6.45) is -10.7. The number of piperidine rings is 1. The van der Waals surface area contributed by atoms with Crippen molar-refractivity contribution in [3.05, 3.63) is 47.0 Å². The van der Waals surface area contributed by atoms with E-state index in [9.17, 15) is 46.5 Å². The van der Waals surface area contributed by atoms with Gasteiger partial charge in [-0.2, -0.15) is 13.2 Å². The first kappa shape index (κ1) is 30.0. The van der Waals surface area contributed by atoms with Crippen LogP contribution in [-0.2, 0) is 19.4 Å². The van der Waals surface area contributed by atoms with E-state index >= 15 is 0 Å². The molecule has 9 nitrogen and oxygen atoms in total. The number of fused-ring (bicyclic) bond motifs is 1. The van der Waals surface area contributed by atoms with Gasteiger partial charge in [0.1, 0.15) is 18.3 Å². The van der Waals surface area contributed by atoms with Gasteiger partial charge in [0, 0.05) is 44.1 Å². The number of aliphatic hydroxyl groups excluding tert-OH is 2. The zero-order chi connectivity index (χ0) is 29.2. The molecule has 2 aromatic rings. The predicted octanol–water partition coefficient (Wildman–Crippen LogP) is 3.14. The average Bonchev–Trinajstić information content (AvgIpc) is 2.84. The Balaban J connectivity index is 1.54. The number of amides is 1. The van der Waals surface area contributed by atoms with Gasteiger partial charge in [0.05, 0.1) is 24.4 Å². The average molecular weight is 578 g/mol. The SMILES string of the molecule is O=C(O)N[C@@H](CC(O)N1CCc2c(nc(-c3ccc(F)cc3)nc2CC(F)(F)F)C1)CN1CC(F)(F)CCC1O. The second kappa shape index (κ2) is 11.8. The maximum absolute atomic E-state index is 13.9. The molecule has 40 heavy (non-hydrogen) atoms. The summed E-state index contributed by atoms with van der Waals surface area (Å²) in [6.45, 7) is -1.06. The lowest BCUT2D eigenvalue weighted by molar-refractivity contribution is -0.137. The third-order valence-corrected chi connectivity index (χ3v) is 6.97. The lowest BCUT2D eigenvalue weighted by atomic mass is 9.99. The summed E-state index contributed by atoms with van der Waals surface area (Å²) in [5.74, 6) is -3.64. The van der Waals surface area contributed by atoms with E-state index in [1.807, 2.05) is 0 Å². The van der Waals surface area contributed by atoms with Gasteiger partial charge in [0.25, 0.3) is 5.92 Å². The molecule has 0 saturated carbocycles. The Morgan fingerprint density at radius 3 is 2.55 bits per heavy atom. The van der Waals surface area contributed by atoms with Gasteiger partial charge >= 0.3 is 12.3 Å². The largest absolute Gasteiger partial charge is 0.465 e. The number of nitrogens with one attached hydrogen (secondary N) is 1. The molecular weight excluding hydrogens is 548 g/mol. The third kappa shape index (κ3) is 7.80. The lowest BCUT2D eigenvalue weighted by Crippen LogP contribution is -2.55. The molecular formula is C25H29F6N5O4. The van der Waals surface area contributed by atoms with Crippen LogP contribution in [0.25, 0.3) is 11.4 Å². The number of hydrogen-bond donors (Lipinski definition) is 4. The Hall–Kier alpha value is -3.01. The van der Waals surface area contributed by atoms with Gasteiger partial charge in [0.15, 0.2) is 5.82 Å². The van der Waals surface area contributed by atoms with Crippen molar-refractivity contribution in [2.75, 3.05) is 19.6 Å². The van der Waals surface area contributed by atoms with Crippen LogP contribution < -0.4 is 5.32 Å². The summed E-state index contributed by atoms with van der Waals surface area (Å²) in [4.78, 5) is 22.4. The molecule has 1 fully saturated rings. The first-order valence-electron chi connectivity index (χ1n) is 12.6. The molecule has 0 spiro atoms. The van der Waals surface area contributed by atoms with Crippen LogP contribution in [0.1, 0.15) is 36.2 Å². The summed E-state index contributed by atoms with van der Waals surface area (Å²) < 4.78 is 81.2. The summed E-state index contributed by atoms with van der Waals surface area (Å²) in [5.41, 5.74) is 0.586. The monoisotopic (exact) mass is 577 g/mol. The Morgan fingerprint density at radius 1 is 1.20 bits per heavy atom. The number of nitrogens with zero attached hydrogens (tertiary/aromatic N) is 4. The van der Waals surface area contributed by atoms with Crippen LogP contribution in [0, 0.1) is 5.82 Å². The van der Waals surface area contributed by atoms with E-state index in [0.29, 0.717) is 5.56 Å². The van der Waals surface area contributed by atoms with Crippen molar-refractivity contribution >= 4 is 6.09 Å². The predicted molar refractivity (Wildman–Crippen MR) is 129 cm³/mol. The van der Waals surface area contributed by atoms with Gasteiger partial charge < -0.3 is 20.6 Å². The van der Waals surface area contributed by atoms with E-state index in [2.05, 4.69) is 15.3 Å². The number of aliphatic hydroxyl groups is 2. The van der Waals surface area contributed by atoms with Gasteiger partial charge in [-0.3, -0.25) is 9.80 Å². The van der Waals surface area contributed by atoms with Crippen molar-refractivity contribution in [2.24, 2.45) is 0 Å². The number of benzene rings is 1. The number of carbonyl (C=O) groups is 1. The normalized spacial score (nSPS) is 21.4. The molecule has 2 unspecified atom stereocenters. The number of aromatic nitrogens is 2. The van der Waals surface area contributed by atoms with Crippen LogP contribution in [0.3, 0.4) is 0 Å². The number of likely N-dealkylation sites (tertiary alicyclic amines) is 1. The van der Waals surface area contributed by atoms with Gasteiger partial charge in [-0.25, -0.2) is 27.9 Å². The van der Waals surface area contributed by atoms with E-state index in [0.717, 1.165) is 17.0 Å². The fraction of sp³-hybridized carbons (Fsp3) is 0.560. The molecule has 1 saturated heterocycles. The molecule has 220 valence electrons. The van der Waals surface area contributed by atoms with Gasteiger partial charge in [-0.05, 0) is 42.7 Å². The number of alkyl halides is 5. The lowest BCUT2D eigenvalue weighted by Gasteiger charge is -2.39. The van der Waals surface area contributed by atoms with Gasteiger partial charge in [-0.15, -0.1) is 0 Å². The fourth-order valence-corrected chi connectivity index (χ4v) is 5.08. The van der Waals surface area contributed by atoms with Crippen molar-refractivity contribution in [3.8, 4) is 11.4 Å². The molecule has 0 radical (unpaired) electrons. The Bertz CT molecular complexity index is 1200. The van der Waals surface area contributed by atoms with Gasteiger partial charge in [0.2, 0.25) is 0 Å². The van der Waals surface area contributed by atoms with Crippen LogP contribution in [-0.4, -0.2) is 91.4 Å². The first-order valence-corrected chi connectivity index (χ1v) is 12.6. The number of carboxylic acid groups (broad SMARTS) is 1. The molecule has 1 amide bonds. The van der Waals surface area contributed by atoms with E-state index in [4.69, 9.17) is 0 Å². The number of halogens is 6. The molecule has 1 aromatic carbocycles. The van der Waals surface area contributed by atoms with Crippen molar-refractivity contribution in [1.82, 2.24) is 25.1 Å². The Kier molecular flexibility index (Phi) is 8.87. The van der Waals surface area contributed by atoms with Crippen LogP contribution in [0.15, 0.2) is 24.3 Å². The van der Waals surface area contributed by atoms with Crippen LogP contribution >= 0.6 is 0 Å². The molecule has 4 N–H and O–H groups in total. The molecule has 0 aliphatic carbocycles. The number of rotatable bonds is 8. The minimum absolute atomic E-state index is 0.0419. The highest BCUT2D eigenvalue weighted by molar-refractivity contribution is 5.64. The van der Waals surface area contributed by atoms with E-state index in [1.54, 1.807) is 0 Å². The van der Waals surface area contributed by atoms with Crippen molar-refractivity contribution in [3.63, 3.8) is 0 Å². The molecule has 3 atom stereocenters. The minimum atomic E-state index is -4.55. The smallest absolute Gasteiger partial charge is 0.404 e. The first-order chi connectivity index (χ1) is 18.7. The standard InChI is InChI=1S/C25H29F6N5O4/c26-15-3-1-14(2-4-15)22-33-18(10-25(29,30)31)17-6-8-35(12-19(17)34-22)21(38)9-16(32-23(39)40)11-36-13-24(27,28)7-5-20(36)37/h1-4,16,20-21,32,37-38H,5-13H2,(H,39,40)/t16-,20?,21?/m0/s1. The zero-order valence-electron chi connectivity index (χ0n) is 21.2. The molecule has 15 heteroatoms. The fourth-order valence-electron chi connectivity index (χ4n) is 5.08. The Morgan fingerprint density at radius 2 is 1.90 bits per heavy atom. The minimum Gasteiger partial charge on any atom is -0.465 e. The summed E-state index contributed by atoms with van der Waals surface area (Å²) in [7, 11) is 0. The second-order valence-electron chi connectivity index (χ2n) is 10.1. The molecule has 2 aliphatic rings.